The highest BCUT2D eigenvalue weighted by atomic mass is 35.5. The van der Waals surface area contributed by atoms with E-state index >= 15 is 0 Å². The Bertz CT molecular complexity index is 1170. The minimum absolute atomic E-state index is 0.0102. The second-order valence-corrected chi connectivity index (χ2v) is 8.15. The van der Waals surface area contributed by atoms with Crippen LogP contribution in [-0.4, -0.2) is 46.6 Å². The van der Waals surface area contributed by atoms with Crippen molar-refractivity contribution in [3.8, 4) is 0 Å². The predicted molar refractivity (Wildman–Crippen MR) is 116 cm³/mol. The largest absolute Gasteiger partial charge is 0.805 e. The summed E-state index contributed by atoms with van der Waals surface area (Å²) in [7, 11) is 0. The number of rotatable bonds is 3. The van der Waals surface area contributed by atoms with Crippen molar-refractivity contribution in [1.82, 2.24) is 14.5 Å². The molecule has 4 rings (SSSR count). The highest BCUT2D eigenvalue weighted by molar-refractivity contribution is 6.42. The minimum atomic E-state index is -0.459. The maximum absolute atomic E-state index is 13.1. The Labute approximate surface area is 183 Å². The number of carbonyl (C=O) groups is 1. The summed E-state index contributed by atoms with van der Waals surface area (Å²) >= 11 is 12.0. The van der Waals surface area contributed by atoms with Crippen molar-refractivity contribution in [1.29, 1.82) is 0 Å². The molecule has 0 N–H and O–H groups in total. The fraction of sp³-hybridized carbons (Fsp3) is 0.286. The Morgan fingerprint density at radius 1 is 1.07 bits per heavy atom. The van der Waals surface area contributed by atoms with Crippen molar-refractivity contribution in [3.05, 3.63) is 79.6 Å². The molecule has 0 bridgehead atoms. The molecule has 1 aliphatic heterocycles. The van der Waals surface area contributed by atoms with Gasteiger partial charge in [0, 0.05) is 43.7 Å². The topological polar surface area (TPSA) is 74.5 Å². The van der Waals surface area contributed by atoms with Crippen LogP contribution in [0.2, 0.25) is 10.0 Å². The smallest absolute Gasteiger partial charge is 0.346 e. The summed E-state index contributed by atoms with van der Waals surface area (Å²) in [5.41, 5.74) is 1.14. The summed E-state index contributed by atoms with van der Waals surface area (Å²) in [6.07, 6.45) is 0. The van der Waals surface area contributed by atoms with Crippen LogP contribution in [0.1, 0.15) is 21.7 Å². The fourth-order valence-corrected chi connectivity index (χ4v) is 4.05. The van der Waals surface area contributed by atoms with Crippen LogP contribution >= 0.6 is 23.2 Å². The zero-order chi connectivity index (χ0) is 21.4. The quantitative estimate of drug-likeness (QED) is 0.577. The summed E-state index contributed by atoms with van der Waals surface area (Å²) < 4.78 is 1.05. The SMILES string of the molecule is Cc1c(C(=O)N2CCN(Cc3ccccc3)CC2)[n+](=O)c2cc(Cl)c(Cl)cc2n1[O-]. The fourth-order valence-electron chi connectivity index (χ4n) is 3.74. The molecular weight excluding hydrogens is 427 g/mol. The minimum Gasteiger partial charge on any atom is -0.805 e. The number of halogens is 2. The zero-order valence-electron chi connectivity index (χ0n) is 16.3. The van der Waals surface area contributed by atoms with Crippen molar-refractivity contribution in [3.63, 3.8) is 0 Å². The van der Waals surface area contributed by atoms with Gasteiger partial charge in [-0.1, -0.05) is 53.5 Å². The molecule has 30 heavy (non-hydrogen) atoms. The lowest BCUT2D eigenvalue weighted by Crippen LogP contribution is -2.50. The first-order chi connectivity index (χ1) is 14.4. The second kappa shape index (κ2) is 8.26. The van der Waals surface area contributed by atoms with Crippen LogP contribution in [0, 0.1) is 17.0 Å². The molecule has 1 saturated heterocycles. The first kappa shape index (κ1) is 20.7. The number of piperazine rings is 1. The molecule has 3 aromatic rings. The van der Waals surface area contributed by atoms with E-state index in [1.54, 1.807) is 4.90 Å². The van der Waals surface area contributed by atoms with Gasteiger partial charge >= 0.3 is 11.6 Å². The standard InChI is InChI=1S/C21H20Cl2N4O3/c1-14-20(27(30)19-12-17(23)16(22)11-18(19)26(14)29)21(28)25-9-7-24(8-10-25)13-15-5-3-2-4-6-15/h2-6,11-12H,7-10,13H2,1H3. The van der Waals surface area contributed by atoms with Gasteiger partial charge in [0.25, 0.3) is 5.52 Å². The third-order valence-corrected chi connectivity index (χ3v) is 6.14. The van der Waals surface area contributed by atoms with Crippen LogP contribution in [0.5, 0.6) is 0 Å². The average molecular weight is 447 g/mol. The Kier molecular flexibility index (Phi) is 5.69. The molecule has 7 nitrogen and oxygen atoms in total. The average Bonchev–Trinajstić information content (AvgIpc) is 2.75. The molecule has 0 saturated carbocycles. The first-order valence-corrected chi connectivity index (χ1v) is 10.3. The molecule has 0 radical (unpaired) electrons. The first-order valence-electron chi connectivity index (χ1n) is 9.57. The highest BCUT2D eigenvalue weighted by Gasteiger charge is 2.33. The maximum atomic E-state index is 13.1. The summed E-state index contributed by atoms with van der Waals surface area (Å²) in [6.45, 7) is 4.59. The van der Waals surface area contributed by atoms with Crippen LogP contribution in [0.3, 0.4) is 0 Å². The van der Waals surface area contributed by atoms with E-state index in [0.717, 1.165) is 6.54 Å². The second-order valence-electron chi connectivity index (χ2n) is 7.33. The zero-order valence-corrected chi connectivity index (χ0v) is 17.9. The number of fused-ring (bicyclic) bond motifs is 1. The number of hydrogen-bond donors (Lipinski definition) is 0. The van der Waals surface area contributed by atoms with Crippen molar-refractivity contribution in [2.45, 2.75) is 13.5 Å². The molecule has 1 fully saturated rings. The monoisotopic (exact) mass is 446 g/mol. The molecule has 0 aliphatic carbocycles. The normalized spacial score (nSPS) is 15.0. The highest BCUT2D eigenvalue weighted by Crippen LogP contribution is 2.27. The molecule has 156 valence electrons. The predicted octanol–water partition coefficient (Wildman–Crippen LogP) is 3.47. The lowest BCUT2D eigenvalue weighted by atomic mass is 10.2. The van der Waals surface area contributed by atoms with E-state index in [9.17, 15) is 14.9 Å². The van der Waals surface area contributed by atoms with E-state index in [-0.39, 0.29) is 32.5 Å². The number of carbonyl (C=O) groups excluding carboxylic acids is 1. The van der Waals surface area contributed by atoms with E-state index in [1.807, 2.05) is 18.2 Å². The van der Waals surface area contributed by atoms with Gasteiger partial charge in [0.2, 0.25) is 0 Å². The van der Waals surface area contributed by atoms with E-state index in [0.29, 0.717) is 35.3 Å². The van der Waals surface area contributed by atoms with Crippen molar-refractivity contribution in [2.75, 3.05) is 26.2 Å². The van der Waals surface area contributed by atoms with Gasteiger partial charge in [0.15, 0.2) is 0 Å². The lowest BCUT2D eigenvalue weighted by molar-refractivity contribution is -0.469. The third-order valence-electron chi connectivity index (χ3n) is 5.42. The molecule has 9 heteroatoms. The van der Waals surface area contributed by atoms with Crippen LogP contribution in [0.15, 0.2) is 42.5 Å². The van der Waals surface area contributed by atoms with Gasteiger partial charge < -0.3 is 14.8 Å². The number of hydrogen-bond acceptors (Lipinski definition) is 4. The number of amides is 1. The molecule has 1 amide bonds. The van der Waals surface area contributed by atoms with Gasteiger partial charge in [0.1, 0.15) is 5.52 Å². The van der Waals surface area contributed by atoms with E-state index < -0.39 is 5.91 Å². The van der Waals surface area contributed by atoms with E-state index in [4.69, 9.17) is 23.2 Å². The number of aromatic nitrogens is 2. The van der Waals surface area contributed by atoms with Crippen molar-refractivity contribution >= 4 is 40.1 Å². The van der Waals surface area contributed by atoms with E-state index in [2.05, 4.69) is 17.0 Å². The van der Waals surface area contributed by atoms with E-state index in [1.165, 1.54) is 24.6 Å². The summed E-state index contributed by atoms with van der Waals surface area (Å²) in [5, 5.41) is 13.0. The molecule has 1 aliphatic rings. The Morgan fingerprint density at radius 2 is 1.70 bits per heavy atom. The Balaban J connectivity index is 1.58. The maximum Gasteiger partial charge on any atom is 0.346 e. The van der Waals surface area contributed by atoms with Gasteiger partial charge in [-0.05, 0) is 18.6 Å². The molecule has 0 spiro atoms. The van der Waals surface area contributed by atoms with Gasteiger partial charge in [-0.15, -0.1) is 0 Å². The Morgan fingerprint density at radius 3 is 2.37 bits per heavy atom. The van der Waals surface area contributed by atoms with Gasteiger partial charge in [0.05, 0.1) is 20.2 Å². The third kappa shape index (κ3) is 3.76. The number of benzene rings is 2. The Hall–Kier alpha value is -2.61. The van der Waals surface area contributed by atoms with Crippen LogP contribution < -0.4 is 4.43 Å². The van der Waals surface area contributed by atoms with Crippen molar-refractivity contribution < 1.29 is 9.22 Å². The summed E-state index contributed by atoms with van der Waals surface area (Å²) in [5.74, 6) is -0.459. The van der Waals surface area contributed by atoms with Crippen LogP contribution in [-0.2, 0) is 6.54 Å². The molecule has 0 atom stereocenters. The molecule has 1 aromatic heterocycles. The molecular formula is C21H20Cl2N4O3. The van der Waals surface area contributed by atoms with Crippen molar-refractivity contribution in [2.24, 2.45) is 0 Å². The van der Waals surface area contributed by atoms with Gasteiger partial charge in [-0.25, -0.2) is 0 Å². The summed E-state index contributed by atoms with van der Waals surface area (Å²) in [4.78, 5) is 30.0. The van der Waals surface area contributed by atoms with Gasteiger partial charge in [-0.3, -0.25) is 9.69 Å². The van der Waals surface area contributed by atoms with Crippen LogP contribution in [0.4, 0.5) is 0 Å². The van der Waals surface area contributed by atoms with Gasteiger partial charge in [-0.2, -0.15) is 0 Å². The molecule has 0 unspecified atom stereocenters. The molecule has 2 heterocycles. The summed E-state index contributed by atoms with van der Waals surface area (Å²) in [6, 6.07) is 12.8. The van der Waals surface area contributed by atoms with Crippen LogP contribution in [0.25, 0.3) is 11.0 Å². The lowest BCUT2D eigenvalue weighted by Gasteiger charge is -2.34. The molecule has 2 aromatic carbocycles. The number of nitrogens with zero attached hydrogens (tertiary/aromatic N) is 4.